The van der Waals surface area contributed by atoms with Crippen molar-refractivity contribution in [3.63, 3.8) is 0 Å². The predicted octanol–water partition coefficient (Wildman–Crippen LogP) is 3.05. The molecule has 2 aromatic rings. The molecule has 0 aliphatic heterocycles. The Morgan fingerprint density at radius 3 is 2.37 bits per heavy atom. The molecule has 2 rings (SSSR count). The number of nitrogens with one attached hydrogen (secondary N) is 1. The molecule has 0 aliphatic carbocycles. The van der Waals surface area contributed by atoms with E-state index < -0.39 is 0 Å². The Morgan fingerprint density at radius 1 is 1.21 bits per heavy atom. The summed E-state index contributed by atoms with van der Waals surface area (Å²) in [4.78, 5) is 7.92. The molecular formula is C15H21N3O. The molecule has 1 atom stereocenters. The molecule has 3 N–H and O–H groups in total. The minimum absolute atomic E-state index is 0.0642. The van der Waals surface area contributed by atoms with Gasteiger partial charge in [-0.1, -0.05) is 13.8 Å². The number of aromatic amines is 1. The Balaban J connectivity index is 2.34. The van der Waals surface area contributed by atoms with Crippen LogP contribution in [-0.2, 0) is 0 Å². The smallest absolute Gasteiger partial charge is 0.124 e. The molecule has 19 heavy (non-hydrogen) atoms. The van der Waals surface area contributed by atoms with Crippen molar-refractivity contribution in [3.8, 4) is 17.0 Å². The second-order valence-electron chi connectivity index (χ2n) is 5.09. The highest BCUT2D eigenvalue weighted by molar-refractivity contribution is 5.62. The maximum Gasteiger partial charge on any atom is 0.124 e. The lowest BCUT2D eigenvalue weighted by atomic mass is 10.1. The van der Waals surface area contributed by atoms with E-state index in [9.17, 15) is 0 Å². The largest absolute Gasteiger partial charge is 0.497 e. The van der Waals surface area contributed by atoms with Crippen molar-refractivity contribution in [2.75, 3.05) is 7.11 Å². The van der Waals surface area contributed by atoms with Crippen molar-refractivity contribution >= 4 is 0 Å². The van der Waals surface area contributed by atoms with Crippen molar-refractivity contribution in [1.82, 2.24) is 9.97 Å². The lowest BCUT2D eigenvalue weighted by Crippen LogP contribution is -2.18. The molecule has 1 aromatic carbocycles. The van der Waals surface area contributed by atoms with Gasteiger partial charge in [-0.05, 0) is 37.1 Å². The van der Waals surface area contributed by atoms with E-state index in [-0.39, 0.29) is 6.04 Å². The third-order valence-corrected chi connectivity index (χ3v) is 3.30. The highest BCUT2D eigenvalue weighted by Crippen LogP contribution is 2.26. The number of benzene rings is 1. The van der Waals surface area contributed by atoms with Gasteiger partial charge in [-0.3, -0.25) is 0 Å². The molecule has 1 heterocycles. The summed E-state index contributed by atoms with van der Waals surface area (Å²) < 4.78 is 5.16. The molecule has 0 saturated heterocycles. The fourth-order valence-corrected chi connectivity index (χ4v) is 1.99. The van der Waals surface area contributed by atoms with E-state index in [2.05, 4.69) is 23.8 Å². The Kier molecular flexibility index (Phi) is 3.90. The summed E-state index contributed by atoms with van der Waals surface area (Å²) in [6.07, 6.45) is 0. The number of hydrogen-bond acceptors (Lipinski definition) is 3. The normalized spacial score (nSPS) is 12.7. The van der Waals surface area contributed by atoms with Gasteiger partial charge in [0.2, 0.25) is 0 Å². The summed E-state index contributed by atoms with van der Waals surface area (Å²) >= 11 is 0. The molecular weight excluding hydrogens is 238 g/mol. The summed E-state index contributed by atoms with van der Waals surface area (Å²) in [5.41, 5.74) is 9.19. The number of rotatable bonds is 4. The van der Waals surface area contributed by atoms with Gasteiger partial charge < -0.3 is 15.5 Å². The Bertz CT molecular complexity index is 543. The summed E-state index contributed by atoms with van der Waals surface area (Å²) in [6.45, 7) is 6.20. The van der Waals surface area contributed by atoms with Gasteiger partial charge in [0.25, 0.3) is 0 Å². The minimum Gasteiger partial charge on any atom is -0.497 e. The highest BCUT2D eigenvalue weighted by Gasteiger charge is 2.17. The zero-order valence-electron chi connectivity index (χ0n) is 11.9. The maximum absolute atomic E-state index is 6.13. The topological polar surface area (TPSA) is 63.9 Å². The van der Waals surface area contributed by atoms with E-state index in [4.69, 9.17) is 10.5 Å². The Morgan fingerprint density at radius 2 is 1.84 bits per heavy atom. The van der Waals surface area contributed by atoms with Gasteiger partial charge in [-0.2, -0.15) is 0 Å². The molecule has 0 saturated carbocycles. The molecule has 4 nitrogen and oxygen atoms in total. The number of H-pyrrole nitrogens is 1. The van der Waals surface area contributed by atoms with Crippen molar-refractivity contribution in [3.05, 3.63) is 35.8 Å². The first-order valence-corrected chi connectivity index (χ1v) is 6.49. The van der Waals surface area contributed by atoms with Gasteiger partial charge in [0.05, 0.1) is 18.8 Å². The van der Waals surface area contributed by atoms with Gasteiger partial charge in [0, 0.05) is 11.3 Å². The van der Waals surface area contributed by atoms with Crippen LogP contribution in [0.1, 0.15) is 31.4 Å². The lowest BCUT2D eigenvalue weighted by Gasteiger charge is -2.11. The van der Waals surface area contributed by atoms with Gasteiger partial charge in [-0.15, -0.1) is 0 Å². The maximum atomic E-state index is 6.13. The minimum atomic E-state index is -0.0642. The molecule has 0 fully saturated rings. The molecule has 0 bridgehead atoms. The average Bonchev–Trinajstić information content (AvgIpc) is 2.80. The molecule has 0 radical (unpaired) electrons. The fourth-order valence-electron chi connectivity index (χ4n) is 1.99. The van der Waals surface area contributed by atoms with Gasteiger partial charge >= 0.3 is 0 Å². The molecule has 102 valence electrons. The van der Waals surface area contributed by atoms with E-state index in [1.807, 2.05) is 31.2 Å². The Hall–Kier alpha value is -1.81. The van der Waals surface area contributed by atoms with Crippen molar-refractivity contribution in [2.45, 2.75) is 26.8 Å². The summed E-state index contributed by atoms with van der Waals surface area (Å²) in [5.74, 6) is 2.05. The zero-order chi connectivity index (χ0) is 14.0. The number of ether oxygens (including phenoxy) is 1. The van der Waals surface area contributed by atoms with E-state index in [0.717, 1.165) is 28.5 Å². The molecule has 0 amide bonds. The van der Waals surface area contributed by atoms with Crippen LogP contribution < -0.4 is 10.5 Å². The van der Waals surface area contributed by atoms with Crippen LogP contribution in [0.4, 0.5) is 0 Å². The lowest BCUT2D eigenvalue weighted by molar-refractivity contribution is 0.415. The first-order valence-electron chi connectivity index (χ1n) is 6.49. The number of aryl methyl sites for hydroxylation is 1. The standard InChI is InChI=1S/C15H21N3O/c1-9(2)13(16)15-17-10(3)14(18-15)11-5-7-12(19-4)8-6-11/h5-9,13H,16H2,1-4H3,(H,17,18). The highest BCUT2D eigenvalue weighted by atomic mass is 16.5. The summed E-state index contributed by atoms with van der Waals surface area (Å²) in [5, 5.41) is 0. The number of nitrogens with two attached hydrogens (primary N) is 1. The van der Waals surface area contributed by atoms with Crippen molar-refractivity contribution < 1.29 is 4.74 Å². The fraction of sp³-hybridized carbons (Fsp3) is 0.400. The van der Waals surface area contributed by atoms with E-state index in [0.29, 0.717) is 5.92 Å². The van der Waals surface area contributed by atoms with E-state index >= 15 is 0 Å². The van der Waals surface area contributed by atoms with Gasteiger partial charge in [0.15, 0.2) is 0 Å². The average molecular weight is 259 g/mol. The van der Waals surface area contributed by atoms with Crippen LogP contribution in [0.15, 0.2) is 24.3 Å². The number of nitrogens with zero attached hydrogens (tertiary/aromatic N) is 1. The second kappa shape index (κ2) is 5.45. The number of imidazole rings is 1. The SMILES string of the molecule is COc1ccc(-c2nc(C(N)C(C)C)[nH]c2C)cc1. The summed E-state index contributed by atoms with van der Waals surface area (Å²) in [7, 11) is 1.66. The van der Waals surface area contributed by atoms with Crippen LogP contribution in [0.25, 0.3) is 11.3 Å². The first-order chi connectivity index (χ1) is 9.02. The molecule has 0 spiro atoms. The Labute approximate surface area is 114 Å². The number of aromatic nitrogens is 2. The van der Waals surface area contributed by atoms with Gasteiger partial charge in [0.1, 0.15) is 11.6 Å². The van der Waals surface area contributed by atoms with Crippen LogP contribution in [0, 0.1) is 12.8 Å². The quantitative estimate of drug-likeness (QED) is 0.887. The molecule has 1 aromatic heterocycles. The van der Waals surface area contributed by atoms with Crippen LogP contribution in [0.3, 0.4) is 0 Å². The third-order valence-electron chi connectivity index (χ3n) is 3.30. The number of hydrogen-bond donors (Lipinski definition) is 2. The van der Waals surface area contributed by atoms with Crippen LogP contribution >= 0.6 is 0 Å². The number of methoxy groups -OCH3 is 1. The molecule has 0 aliphatic rings. The van der Waals surface area contributed by atoms with Crippen molar-refractivity contribution in [1.29, 1.82) is 0 Å². The van der Waals surface area contributed by atoms with Crippen LogP contribution in [0.2, 0.25) is 0 Å². The van der Waals surface area contributed by atoms with E-state index in [1.165, 1.54) is 0 Å². The van der Waals surface area contributed by atoms with E-state index in [1.54, 1.807) is 7.11 Å². The monoisotopic (exact) mass is 259 g/mol. The van der Waals surface area contributed by atoms with Crippen LogP contribution in [-0.4, -0.2) is 17.1 Å². The molecule has 1 unspecified atom stereocenters. The first kappa shape index (κ1) is 13.6. The molecule has 4 heteroatoms. The van der Waals surface area contributed by atoms with Gasteiger partial charge in [-0.25, -0.2) is 4.98 Å². The third kappa shape index (κ3) is 2.79. The van der Waals surface area contributed by atoms with Crippen molar-refractivity contribution in [2.24, 2.45) is 11.7 Å². The predicted molar refractivity (Wildman–Crippen MR) is 77.1 cm³/mol. The summed E-state index contributed by atoms with van der Waals surface area (Å²) in [6, 6.07) is 7.82. The van der Waals surface area contributed by atoms with Crippen LogP contribution in [0.5, 0.6) is 5.75 Å². The zero-order valence-corrected chi connectivity index (χ0v) is 11.9. The second-order valence-corrected chi connectivity index (χ2v) is 5.09.